The van der Waals surface area contributed by atoms with E-state index < -0.39 is 0 Å². The summed E-state index contributed by atoms with van der Waals surface area (Å²) in [5.74, 6) is -0.166. The maximum absolute atomic E-state index is 10.6. The predicted molar refractivity (Wildman–Crippen MR) is 62.5 cm³/mol. The number of nitrogens with zero attached hydrogens (tertiary/aromatic N) is 1. The quantitative estimate of drug-likeness (QED) is 0.684. The Kier molecular flexibility index (Phi) is 5.69. The lowest BCUT2D eigenvalue weighted by Gasteiger charge is -2.35. The molecule has 0 spiro atoms. The molecule has 1 saturated heterocycles. The summed E-state index contributed by atoms with van der Waals surface area (Å²) in [6.45, 7) is 4.66. The van der Waals surface area contributed by atoms with Crippen molar-refractivity contribution < 1.29 is 4.79 Å². The Morgan fingerprint density at radius 1 is 1.40 bits per heavy atom. The fourth-order valence-corrected chi connectivity index (χ4v) is 2.43. The first-order chi connectivity index (χ1) is 7.24. The van der Waals surface area contributed by atoms with E-state index in [1.54, 1.807) is 0 Å². The van der Waals surface area contributed by atoms with Crippen molar-refractivity contribution in [1.29, 1.82) is 0 Å². The molecule has 0 aliphatic carbocycles. The molecule has 0 aromatic rings. The van der Waals surface area contributed by atoms with Gasteiger partial charge in [-0.1, -0.05) is 13.3 Å². The van der Waals surface area contributed by atoms with Crippen LogP contribution in [0.2, 0.25) is 0 Å². The monoisotopic (exact) mass is 212 g/mol. The zero-order chi connectivity index (χ0) is 11.1. The number of amides is 1. The van der Waals surface area contributed by atoms with Crippen LogP contribution in [0.5, 0.6) is 0 Å². The molecule has 3 heteroatoms. The highest BCUT2D eigenvalue weighted by molar-refractivity contribution is 5.73. The van der Waals surface area contributed by atoms with Gasteiger partial charge in [0.25, 0.3) is 0 Å². The van der Waals surface area contributed by atoms with Gasteiger partial charge in [-0.2, -0.15) is 0 Å². The number of rotatable bonds is 6. The molecular weight excluding hydrogens is 188 g/mol. The summed E-state index contributed by atoms with van der Waals surface area (Å²) in [6, 6.07) is 0.785. The molecule has 15 heavy (non-hydrogen) atoms. The van der Waals surface area contributed by atoms with Crippen molar-refractivity contribution >= 4 is 5.91 Å². The van der Waals surface area contributed by atoms with E-state index in [9.17, 15) is 4.79 Å². The smallest absolute Gasteiger partial charge is 0.217 e. The minimum absolute atomic E-state index is 0.166. The fraction of sp³-hybridized carbons (Fsp3) is 0.917. The van der Waals surface area contributed by atoms with Crippen molar-refractivity contribution in [2.24, 2.45) is 5.73 Å². The van der Waals surface area contributed by atoms with E-state index >= 15 is 0 Å². The summed E-state index contributed by atoms with van der Waals surface area (Å²) in [4.78, 5) is 13.2. The Balaban J connectivity index is 2.15. The lowest BCUT2D eigenvalue weighted by Crippen LogP contribution is -2.39. The fourth-order valence-electron chi connectivity index (χ4n) is 2.43. The molecule has 1 unspecified atom stereocenters. The SMILES string of the molecule is CCC1CCCCN1CCCCC(N)=O. The van der Waals surface area contributed by atoms with E-state index in [0.29, 0.717) is 6.42 Å². The third kappa shape index (κ3) is 4.65. The summed E-state index contributed by atoms with van der Waals surface area (Å²) in [7, 11) is 0. The first-order valence-corrected chi connectivity index (χ1v) is 6.26. The molecule has 2 N–H and O–H groups in total. The normalized spacial score (nSPS) is 22.9. The Bertz CT molecular complexity index is 194. The molecule has 0 aromatic carbocycles. The Hall–Kier alpha value is -0.570. The summed E-state index contributed by atoms with van der Waals surface area (Å²) in [5.41, 5.74) is 5.11. The molecule has 3 nitrogen and oxygen atoms in total. The molecule has 0 saturated carbocycles. The van der Waals surface area contributed by atoms with E-state index in [2.05, 4.69) is 11.8 Å². The van der Waals surface area contributed by atoms with E-state index in [1.807, 2.05) is 0 Å². The van der Waals surface area contributed by atoms with E-state index in [4.69, 9.17) is 5.73 Å². The average Bonchev–Trinajstić information content (AvgIpc) is 2.24. The molecule has 1 heterocycles. The van der Waals surface area contributed by atoms with Crippen LogP contribution in [0.3, 0.4) is 0 Å². The van der Waals surface area contributed by atoms with Crippen molar-refractivity contribution in [3.05, 3.63) is 0 Å². The number of carbonyl (C=O) groups excluding carboxylic acids is 1. The molecule has 0 aromatic heterocycles. The molecule has 0 radical (unpaired) electrons. The average molecular weight is 212 g/mol. The lowest BCUT2D eigenvalue weighted by atomic mass is 9.99. The van der Waals surface area contributed by atoms with Gasteiger partial charge in [-0.05, 0) is 45.2 Å². The van der Waals surface area contributed by atoms with Gasteiger partial charge in [0.05, 0.1) is 0 Å². The van der Waals surface area contributed by atoms with Gasteiger partial charge in [0.2, 0.25) is 5.91 Å². The number of nitrogens with two attached hydrogens (primary N) is 1. The van der Waals surface area contributed by atoms with Gasteiger partial charge < -0.3 is 10.6 Å². The molecule has 0 bridgehead atoms. The van der Waals surface area contributed by atoms with Crippen LogP contribution in [-0.2, 0) is 4.79 Å². The number of piperidine rings is 1. The summed E-state index contributed by atoms with van der Waals surface area (Å²) in [5, 5.41) is 0. The van der Waals surface area contributed by atoms with Crippen molar-refractivity contribution in [2.75, 3.05) is 13.1 Å². The second-order valence-electron chi connectivity index (χ2n) is 4.52. The first-order valence-electron chi connectivity index (χ1n) is 6.26. The van der Waals surface area contributed by atoms with Gasteiger partial charge in [-0.25, -0.2) is 0 Å². The molecular formula is C12H24N2O. The predicted octanol–water partition coefficient (Wildman–Crippen LogP) is 1.91. The second kappa shape index (κ2) is 6.83. The van der Waals surface area contributed by atoms with Crippen LogP contribution in [0.15, 0.2) is 0 Å². The van der Waals surface area contributed by atoms with Gasteiger partial charge >= 0.3 is 0 Å². The zero-order valence-electron chi connectivity index (χ0n) is 9.87. The van der Waals surface area contributed by atoms with Crippen LogP contribution in [0.25, 0.3) is 0 Å². The number of hydrogen-bond donors (Lipinski definition) is 1. The van der Waals surface area contributed by atoms with Gasteiger partial charge in [-0.3, -0.25) is 4.79 Å². The third-order valence-corrected chi connectivity index (χ3v) is 3.34. The highest BCUT2D eigenvalue weighted by Crippen LogP contribution is 2.19. The molecule has 1 atom stereocenters. The molecule has 88 valence electrons. The molecule has 1 aliphatic heterocycles. The highest BCUT2D eigenvalue weighted by atomic mass is 16.1. The van der Waals surface area contributed by atoms with Crippen LogP contribution in [0.1, 0.15) is 51.9 Å². The number of unbranched alkanes of at least 4 members (excludes halogenated alkanes) is 1. The Morgan fingerprint density at radius 3 is 2.87 bits per heavy atom. The Morgan fingerprint density at radius 2 is 2.20 bits per heavy atom. The maximum atomic E-state index is 10.6. The van der Waals surface area contributed by atoms with Gasteiger partial charge in [-0.15, -0.1) is 0 Å². The molecule has 1 rings (SSSR count). The topological polar surface area (TPSA) is 46.3 Å². The van der Waals surface area contributed by atoms with Gasteiger partial charge in [0.15, 0.2) is 0 Å². The van der Waals surface area contributed by atoms with Crippen LogP contribution in [-0.4, -0.2) is 29.9 Å². The summed E-state index contributed by atoms with van der Waals surface area (Å²) < 4.78 is 0. The number of likely N-dealkylation sites (tertiary alicyclic amines) is 1. The van der Waals surface area contributed by atoms with Crippen LogP contribution < -0.4 is 5.73 Å². The number of hydrogen-bond acceptors (Lipinski definition) is 2. The summed E-state index contributed by atoms with van der Waals surface area (Å²) >= 11 is 0. The van der Waals surface area contributed by atoms with Crippen molar-refractivity contribution in [3.63, 3.8) is 0 Å². The summed E-state index contributed by atoms with van der Waals surface area (Å²) in [6.07, 6.45) is 7.94. The highest BCUT2D eigenvalue weighted by Gasteiger charge is 2.19. The minimum Gasteiger partial charge on any atom is -0.370 e. The van der Waals surface area contributed by atoms with Gasteiger partial charge in [0, 0.05) is 12.5 Å². The van der Waals surface area contributed by atoms with E-state index in [0.717, 1.165) is 25.4 Å². The largest absolute Gasteiger partial charge is 0.370 e. The second-order valence-corrected chi connectivity index (χ2v) is 4.52. The van der Waals surface area contributed by atoms with Crippen molar-refractivity contribution in [3.8, 4) is 0 Å². The van der Waals surface area contributed by atoms with Crippen LogP contribution in [0, 0.1) is 0 Å². The minimum atomic E-state index is -0.166. The first kappa shape index (κ1) is 12.5. The molecule has 1 aliphatic rings. The standard InChI is InChI=1S/C12H24N2O/c1-2-11-7-3-5-9-14(11)10-6-4-8-12(13)15/h11H,2-10H2,1H3,(H2,13,15). The van der Waals surface area contributed by atoms with Crippen molar-refractivity contribution in [1.82, 2.24) is 4.90 Å². The third-order valence-electron chi connectivity index (χ3n) is 3.34. The molecule has 1 amide bonds. The van der Waals surface area contributed by atoms with Crippen LogP contribution >= 0.6 is 0 Å². The number of carbonyl (C=O) groups is 1. The van der Waals surface area contributed by atoms with Crippen molar-refractivity contribution in [2.45, 2.75) is 57.9 Å². The maximum Gasteiger partial charge on any atom is 0.217 e. The zero-order valence-corrected chi connectivity index (χ0v) is 9.87. The van der Waals surface area contributed by atoms with Crippen LogP contribution in [0.4, 0.5) is 0 Å². The number of primary amides is 1. The molecule has 1 fully saturated rings. The van der Waals surface area contributed by atoms with E-state index in [-0.39, 0.29) is 5.91 Å². The van der Waals surface area contributed by atoms with Gasteiger partial charge in [0.1, 0.15) is 0 Å². The lowest BCUT2D eigenvalue weighted by molar-refractivity contribution is -0.118. The Labute approximate surface area is 93.0 Å². The van der Waals surface area contributed by atoms with E-state index in [1.165, 1.54) is 32.2 Å².